The van der Waals surface area contributed by atoms with Crippen LogP contribution in [-0.4, -0.2) is 48.7 Å². The highest BCUT2D eigenvalue weighted by Gasteiger charge is 2.58. The summed E-state index contributed by atoms with van der Waals surface area (Å²) in [5.41, 5.74) is -0.330. The van der Waals surface area contributed by atoms with Crippen LogP contribution in [0, 0.1) is 0 Å². The molecule has 2 fully saturated rings. The number of carbonyl (C=O) groups is 1. The number of ether oxygens (including phenoxy) is 1. The molecule has 1 amide bonds. The molecule has 0 aromatic carbocycles. The minimum absolute atomic E-state index is 0.0279. The Morgan fingerprint density at radius 1 is 1.59 bits per heavy atom. The van der Waals surface area contributed by atoms with E-state index in [1.807, 2.05) is 6.92 Å². The van der Waals surface area contributed by atoms with E-state index in [0.29, 0.717) is 6.54 Å². The van der Waals surface area contributed by atoms with Crippen molar-refractivity contribution >= 4 is 5.91 Å². The lowest BCUT2D eigenvalue weighted by molar-refractivity contribution is -0.131. The summed E-state index contributed by atoms with van der Waals surface area (Å²) in [4.78, 5) is 13.8. The quantitative estimate of drug-likeness (QED) is 0.712. The fraction of sp³-hybridized carbons (Fsp3) is 0.909. The van der Waals surface area contributed by atoms with Gasteiger partial charge in [0.1, 0.15) is 6.61 Å². The molecule has 98 valence electrons. The second-order valence-electron chi connectivity index (χ2n) is 4.62. The van der Waals surface area contributed by atoms with Gasteiger partial charge in [-0.2, -0.15) is 0 Å². The van der Waals surface area contributed by atoms with Crippen LogP contribution in [0.5, 0.6) is 0 Å². The lowest BCUT2D eigenvalue weighted by atomic mass is 10.3. The van der Waals surface area contributed by atoms with E-state index >= 15 is 0 Å². The smallest absolute Gasteiger partial charge is 0.261 e. The molecule has 1 spiro atoms. The monoisotopic (exact) mass is 248 g/mol. The Morgan fingerprint density at radius 2 is 2.29 bits per heavy atom. The summed E-state index contributed by atoms with van der Waals surface area (Å²) < 4.78 is 28.6. The van der Waals surface area contributed by atoms with Crippen molar-refractivity contribution in [2.75, 3.05) is 19.8 Å². The van der Waals surface area contributed by atoms with Gasteiger partial charge in [0.05, 0.1) is 18.3 Å². The van der Waals surface area contributed by atoms with E-state index in [9.17, 15) is 13.6 Å². The molecular weight excluding hydrogens is 230 g/mol. The van der Waals surface area contributed by atoms with Crippen molar-refractivity contribution in [3.05, 3.63) is 0 Å². The summed E-state index contributed by atoms with van der Waals surface area (Å²) >= 11 is 0. The molecule has 1 heterocycles. The van der Waals surface area contributed by atoms with E-state index < -0.39 is 13.0 Å². The highest BCUT2D eigenvalue weighted by Crippen LogP contribution is 2.42. The lowest BCUT2D eigenvalue weighted by Crippen LogP contribution is -2.39. The fourth-order valence-electron chi connectivity index (χ4n) is 2.27. The van der Waals surface area contributed by atoms with E-state index in [0.717, 1.165) is 19.3 Å². The molecule has 0 aromatic rings. The average Bonchev–Trinajstić information content (AvgIpc) is 3.01. The minimum atomic E-state index is -2.45. The number of rotatable bonds is 6. The molecule has 2 rings (SSSR count). The van der Waals surface area contributed by atoms with Crippen LogP contribution in [0.4, 0.5) is 8.78 Å². The van der Waals surface area contributed by atoms with Crippen LogP contribution in [-0.2, 0) is 9.53 Å². The zero-order chi connectivity index (χ0) is 12.5. The maximum absolute atomic E-state index is 12.0. The van der Waals surface area contributed by atoms with Gasteiger partial charge in [-0.25, -0.2) is 8.78 Å². The Morgan fingerprint density at radius 3 is 2.82 bits per heavy atom. The van der Waals surface area contributed by atoms with Gasteiger partial charge in [-0.05, 0) is 19.3 Å². The molecule has 6 heteroatoms. The maximum Gasteiger partial charge on any atom is 0.261 e. The predicted molar refractivity (Wildman–Crippen MR) is 57.7 cm³/mol. The van der Waals surface area contributed by atoms with Crippen LogP contribution in [0.15, 0.2) is 0 Å². The molecule has 1 atom stereocenters. The van der Waals surface area contributed by atoms with E-state index in [1.165, 1.54) is 0 Å². The zero-order valence-electron chi connectivity index (χ0n) is 9.92. The van der Waals surface area contributed by atoms with Gasteiger partial charge in [0, 0.05) is 6.54 Å². The first kappa shape index (κ1) is 12.7. The molecule has 1 saturated carbocycles. The lowest BCUT2D eigenvalue weighted by Gasteiger charge is -2.22. The standard InChI is InChI=1S/C11H18F2N2O2/c1-2-9-14-11(3-4-11)10(16)15(9)5-6-17-7-8(12)13/h8-9,14H,2-7H2,1H3. The Hall–Kier alpha value is -0.750. The van der Waals surface area contributed by atoms with Gasteiger partial charge in [0.25, 0.3) is 6.43 Å². The molecular formula is C11H18F2N2O2. The number of halogens is 2. The molecule has 1 aliphatic carbocycles. The second-order valence-corrected chi connectivity index (χ2v) is 4.62. The largest absolute Gasteiger partial charge is 0.374 e. The molecule has 0 aromatic heterocycles. The summed E-state index contributed by atoms with van der Waals surface area (Å²) in [6, 6.07) is 0. The first-order valence-electron chi connectivity index (χ1n) is 6.04. The molecule has 4 nitrogen and oxygen atoms in total. The van der Waals surface area contributed by atoms with Gasteiger partial charge in [0.15, 0.2) is 0 Å². The van der Waals surface area contributed by atoms with Crippen molar-refractivity contribution in [1.82, 2.24) is 10.2 Å². The van der Waals surface area contributed by atoms with Gasteiger partial charge >= 0.3 is 0 Å². The molecule has 0 radical (unpaired) electrons. The van der Waals surface area contributed by atoms with Crippen LogP contribution in [0.2, 0.25) is 0 Å². The SMILES string of the molecule is CCC1NC2(CC2)C(=O)N1CCOCC(F)F. The van der Waals surface area contributed by atoms with Crippen molar-refractivity contribution in [3.63, 3.8) is 0 Å². The molecule has 1 aliphatic heterocycles. The molecule has 1 N–H and O–H groups in total. The van der Waals surface area contributed by atoms with E-state index in [4.69, 9.17) is 4.74 Å². The number of hydrogen-bond donors (Lipinski definition) is 1. The molecule has 17 heavy (non-hydrogen) atoms. The van der Waals surface area contributed by atoms with Crippen molar-refractivity contribution < 1.29 is 18.3 Å². The maximum atomic E-state index is 12.0. The van der Waals surface area contributed by atoms with Crippen LogP contribution in [0.3, 0.4) is 0 Å². The Balaban J connectivity index is 1.80. The summed E-state index contributed by atoms with van der Waals surface area (Å²) in [6.07, 6.45) is 0.176. The van der Waals surface area contributed by atoms with E-state index in [-0.39, 0.29) is 24.2 Å². The van der Waals surface area contributed by atoms with Crippen molar-refractivity contribution in [1.29, 1.82) is 0 Å². The average molecular weight is 248 g/mol. The van der Waals surface area contributed by atoms with Gasteiger partial charge in [0.2, 0.25) is 5.91 Å². The number of nitrogens with zero attached hydrogens (tertiary/aromatic N) is 1. The summed E-state index contributed by atoms with van der Waals surface area (Å²) in [7, 11) is 0. The van der Waals surface area contributed by atoms with Crippen LogP contribution in [0.1, 0.15) is 26.2 Å². The predicted octanol–water partition coefficient (Wildman–Crippen LogP) is 0.969. The first-order valence-corrected chi connectivity index (χ1v) is 6.04. The van der Waals surface area contributed by atoms with Crippen LogP contribution in [0.25, 0.3) is 0 Å². The number of alkyl halides is 2. The third kappa shape index (κ3) is 2.57. The fourth-order valence-corrected chi connectivity index (χ4v) is 2.27. The Bertz CT molecular complexity index is 295. The van der Waals surface area contributed by atoms with E-state index in [1.54, 1.807) is 4.90 Å². The Labute approximate surface area is 99.3 Å². The molecule has 1 saturated heterocycles. The number of hydrogen-bond acceptors (Lipinski definition) is 3. The highest BCUT2D eigenvalue weighted by molar-refractivity contribution is 5.91. The van der Waals surface area contributed by atoms with Gasteiger partial charge in [-0.1, -0.05) is 6.92 Å². The second kappa shape index (κ2) is 4.86. The van der Waals surface area contributed by atoms with Gasteiger partial charge < -0.3 is 9.64 Å². The first-order chi connectivity index (χ1) is 8.09. The number of nitrogens with one attached hydrogen (secondary N) is 1. The van der Waals surface area contributed by atoms with Gasteiger partial charge in [-0.15, -0.1) is 0 Å². The van der Waals surface area contributed by atoms with Crippen molar-refractivity contribution in [2.45, 2.75) is 44.3 Å². The number of amides is 1. The normalized spacial score (nSPS) is 26.2. The van der Waals surface area contributed by atoms with Crippen LogP contribution < -0.4 is 5.32 Å². The topological polar surface area (TPSA) is 41.6 Å². The molecule has 0 bridgehead atoms. The summed E-state index contributed by atoms with van der Waals surface area (Å²) in [5, 5.41) is 3.31. The summed E-state index contributed by atoms with van der Waals surface area (Å²) in [5.74, 6) is 0.102. The molecule has 1 unspecified atom stereocenters. The minimum Gasteiger partial charge on any atom is -0.374 e. The van der Waals surface area contributed by atoms with Crippen molar-refractivity contribution in [2.24, 2.45) is 0 Å². The third-order valence-corrected chi connectivity index (χ3v) is 3.35. The number of carbonyl (C=O) groups excluding carboxylic acids is 1. The zero-order valence-corrected chi connectivity index (χ0v) is 9.92. The van der Waals surface area contributed by atoms with Gasteiger partial charge in [-0.3, -0.25) is 10.1 Å². The van der Waals surface area contributed by atoms with Crippen LogP contribution >= 0.6 is 0 Å². The van der Waals surface area contributed by atoms with E-state index in [2.05, 4.69) is 5.32 Å². The van der Waals surface area contributed by atoms with Crippen molar-refractivity contribution in [3.8, 4) is 0 Å². The Kier molecular flexibility index (Phi) is 3.63. The summed E-state index contributed by atoms with van der Waals surface area (Å²) in [6.45, 7) is 2.00. The third-order valence-electron chi connectivity index (χ3n) is 3.35. The molecule has 2 aliphatic rings. The highest BCUT2D eigenvalue weighted by atomic mass is 19.3.